The van der Waals surface area contributed by atoms with Gasteiger partial charge in [-0.05, 0) is 55.5 Å². The van der Waals surface area contributed by atoms with Gasteiger partial charge in [-0.25, -0.2) is 4.39 Å². The van der Waals surface area contributed by atoms with Crippen LogP contribution in [0.2, 0.25) is 0 Å². The molecule has 1 aliphatic heterocycles. The highest BCUT2D eigenvalue weighted by molar-refractivity contribution is 5.95. The van der Waals surface area contributed by atoms with E-state index in [1.165, 1.54) is 18.3 Å². The first-order valence-corrected chi connectivity index (χ1v) is 8.40. The number of pyridine rings is 1. The zero-order chi connectivity index (χ0) is 18.0. The second-order valence-electron chi connectivity index (χ2n) is 6.46. The van der Waals surface area contributed by atoms with Crippen LogP contribution in [0.15, 0.2) is 41.3 Å². The van der Waals surface area contributed by atoms with Crippen LogP contribution in [-0.2, 0) is 0 Å². The number of aliphatic hydroxyl groups is 1. The van der Waals surface area contributed by atoms with Crippen LogP contribution in [0.5, 0.6) is 0 Å². The zero-order valence-corrected chi connectivity index (χ0v) is 14.0. The van der Waals surface area contributed by atoms with Gasteiger partial charge in [0.1, 0.15) is 11.4 Å². The maximum atomic E-state index is 13.0. The van der Waals surface area contributed by atoms with Crippen LogP contribution in [0.1, 0.15) is 46.9 Å². The van der Waals surface area contributed by atoms with Gasteiger partial charge in [0.05, 0.1) is 6.10 Å². The Morgan fingerprint density at radius 2 is 2.08 bits per heavy atom. The van der Waals surface area contributed by atoms with Gasteiger partial charge < -0.3 is 15.0 Å². The number of nitrogens with one attached hydrogen (secondary N) is 1. The molecule has 25 heavy (non-hydrogen) atoms. The Labute approximate surface area is 145 Å². The lowest BCUT2D eigenvalue weighted by molar-refractivity contribution is 0.0664. The Kier molecular flexibility index (Phi) is 4.99. The molecule has 1 amide bonds. The number of nitrogens with zero attached hydrogens (tertiary/aromatic N) is 1. The molecular weight excluding hydrogens is 323 g/mol. The summed E-state index contributed by atoms with van der Waals surface area (Å²) in [5, 5.41) is 10.4. The molecule has 6 heteroatoms. The van der Waals surface area contributed by atoms with Crippen molar-refractivity contribution in [1.82, 2.24) is 9.88 Å². The summed E-state index contributed by atoms with van der Waals surface area (Å²) in [6, 6.07) is 7.27. The number of H-pyrrole nitrogens is 1. The minimum absolute atomic E-state index is 0.147. The maximum absolute atomic E-state index is 13.0. The van der Waals surface area contributed by atoms with Crippen LogP contribution in [-0.4, -0.2) is 33.5 Å². The molecule has 0 radical (unpaired) electrons. The van der Waals surface area contributed by atoms with Gasteiger partial charge in [-0.1, -0.05) is 12.1 Å². The number of aryl methyl sites for hydroxylation is 1. The number of halogens is 1. The fourth-order valence-electron chi connectivity index (χ4n) is 3.41. The molecule has 1 saturated heterocycles. The number of benzene rings is 1. The van der Waals surface area contributed by atoms with Gasteiger partial charge in [-0.3, -0.25) is 9.59 Å². The molecular formula is C19H21FN2O3. The topological polar surface area (TPSA) is 73.4 Å². The summed E-state index contributed by atoms with van der Waals surface area (Å²) in [6.07, 6.45) is 2.70. The Morgan fingerprint density at radius 1 is 1.36 bits per heavy atom. The number of carbonyl (C=O) groups is 1. The number of hydrogen-bond acceptors (Lipinski definition) is 3. The molecule has 0 spiro atoms. The van der Waals surface area contributed by atoms with E-state index < -0.39 is 11.7 Å². The predicted octanol–water partition coefficient (Wildman–Crippen LogP) is 2.55. The summed E-state index contributed by atoms with van der Waals surface area (Å²) in [7, 11) is 0. The van der Waals surface area contributed by atoms with Crippen LogP contribution in [0.4, 0.5) is 4.39 Å². The van der Waals surface area contributed by atoms with Gasteiger partial charge in [-0.15, -0.1) is 0 Å². The first kappa shape index (κ1) is 17.4. The third-order valence-corrected chi connectivity index (χ3v) is 4.77. The lowest BCUT2D eigenvalue weighted by Crippen LogP contribution is -2.39. The molecule has 0 bridgehead atoms. The fraction of sp³-hybridized carbons (Fsp3) is 0.368. The smallest absolute Gasteiger partial charge is 0.261 e. The van der Waals surface area contributed by atoms with Gasteiger partial charge in [0.15, 0.2) is 0 Å². The molecule has 2 atom stereocenters. The summed E-state index contributed by atoms with van der Waals surface area (Å²) in [6.45, 7) is 2.30. The Hall–Kier alpha value is -2.47. The van der Waals surface area contributed by atoms with Crippen molar-refractivity contribution in [3.05, 3.63) is 69.4 Å². The van der Waals surface area contributed by atoms with E-state index in [0.29, 0.717) is 24.1 Å². The SMILES string of the molecule is Cc1cc[nH]c(=O)c1C(=O)N1CCCC1CC(O)c1ccc(F)cc1. The molecule has 0 saturated carbocycles. The van der Waals surface area contributed by atoms with Crippen LogP contribution in [0.3, 0.4) is 0 Å². The summed E-state index contributed by atoms with van der Waals surface area (Å²) in [5.41, 5.74) is 1.02. The third-order valence-electron chi connectivity index (χ3n) is 4.77. The van der Waals surface area contributed by atoms with Crippen molar-refractivity contribution >= 4 is 5.91 Å². The average molecular weight is 344 g/mol. The van der Waals surface area contributed by atoms with Crippen molar-refractivity contribution in [1.29, 1.82) is 0 Å². The maximum Gasteiger partial charge on any atom is 0.261 e. The largest absolute Gasteiger partial charge is 0.388 e. The van der Waals surface area contributed by atoms with Gasteiger partial charge in [0, 0.05) is 18.8 Å². The van der Waals surface area contributed by atoms with Crippen molar-refractivity contribution in [3.63, 3.8) is 0 Å². The van der Waals surface area contributed by atoms with E-state index in [9.17, 15) is 19.1 Å². The average Bonchev–Trinajstić information content (AvgIpc) is 3.03. The number of hydrogen-bond donors (Lipinski definition) is 2. The standard InChI is InChI=1S/C19H21FN2O3/c1-12-8-9-21-18(24)17(12)19(25)22-10-2-3-15(22)11-16(23)13-4-6-14(20)7-5-13/h4-9,15-16,23H,2-3,10-11H2,1H3,(H,21,24). The highest BCUT2D eigenvalue weighted by Crippen LogP contribution is 2.28. The van der Waals surface area contributed by atoms with Crippen LogP contribution in [0.25, 0.3) is 0 Å². The third kappa shape index (κ3) is 3.64. The van der Waals surface area contributed by atoms with E-state index in [1.807, 2.05) is 0 Å². The molecule has 132 valence electrons. The van der Waals surface area contributed by atoms with Crippen LogP contribution < -0.4 is 5.56 Å². The van der Waals surface area contributed by atoms with Crippen molar-refractivity contribution in [3.8, 4) is 0 Å². The molecule has 1 aromatic heterocycles. The van der Waals surface area contributed by atoms with E-state index in [-0.39, 0.29) is 23.3 Å². The number of aliphatic hydroxyl groups excluding tert-OH is 1. The van der Waals surface area contributed by atoms with Crippen LogP contribution >= 0.6 is 0 Å². The molecule has 0 aliphatic carbocycles. The van der Waals surface area contributed by atoms with E-state index in [0.717, 1.165) is 12.8 Å². The van der Waals surface area contributed by atoms with Gasteiger partial charge in [0.25, 0.3) is 11.5 Å². The quantitative estimate of drug-likeness (QED) is 0.895. The Balaban J connectivity index is 1.77. The molecule has 3 rings (SSSR count). The molecule has 1 aliphatic rings. The molecule has 2 N–H and O–H groups in total. The highest BCUT2D eigenvalue weighted by atomic mass is 19.1. The van der Waals surface area contributed by atoms with E-state index >= 15 is 0 Å². The number of aromatic nitrogens is 1. The number of carbonyl (C=O) groups excluding carboxylic acids is 1. The first-order valence-electron chi connectivity index (χ1n) is 8.40. The van der Waals surface area contributed by atoms with Gasteiger partial charge in [-0.2, -0.15) is 0 Å². The highest BCUT2D eigenvalue weighted by Gasteiger charge is 2.32. The normalized spacial score (nSPS) is 18.4. The number of aromatic amines is 1. The molecule has 5 nitrogen and oxygen atoms in total. The predicted molar refractivity (Wildman–Crippen MR) is 91.8 cm³/mol. The van der Waals surface area contributed by atoms with Gasteiger partial charge in [0.2, 0.25) is 0 Å². The lowest BCUT2D eigenvalue weighted by atomic mass is 10.00. The van der Waals surface area contributed by atoms with Crippen molar-refractivity contribution in [2.75, 3.05) is 6.54 Å². The first-order chi connectivity index (χ1) is 12.0. The van der Waals surface area contributed by atoms with Crippen molar-refractivity contribution in [2.24, 2.45) is 0 Å². The van der Waals surface area contributed by atoms with E-state index in [1.54, 1.807) is 30.0 Å². The molecule has 2 aromatic rings. The molecule has 2 heterocycles. The Morgan fingerprint density at radius 3 is 2.76 bits per heavy atom. The minimum atomic E-state index is -0.783. The summed E-state index contributed by atoms with van der Waals surface area (Å²) >= 11 is 0. The summed E-state index contributed by atoms with van der Waals surface area (Å²) < 4.78 is 13.0. The minimum Gasteiger partial charge on any atom is -0.388 e. The molecule has 1 aromatic carbocycles. The van der Waals surface area contributed by atoms with E-state index in [2.05, 4.69) is 4.98 Å². The molecule has 1 fully saturated rings. The summed E-state index contributed by atoms with van der Waals surface area (Å²) in [4.78, 5) is 29.1. The van der Waals surface area contributed by atoms with Gasteiger partial charge >= 0.3 is 0 Å². The number of likely N-dealkylation sites (tertiary alicyclic amines) is 1. The molecule has 2 unspecified atom stereocenters. The second kappa shape index (κ2) is 7.19. The van der Waals surface area contributed by atoms with Crippen molar-refractivity contribution < 1.29 is 14.3 Å². The zero-order valence-electron chi connectivity index (χ0n) is 14.0. The second-order valence-corrected chi connectivity index (χ2v) is 6.46. The number of amides is 1. The number of rotatable bonds is 4. The van der Waals surface area contributed by atoms with E-state index in [4.69, 9.17) is 0 Å². The fourth-order valence-corrected chi connectivity index (χ4v) is 3.41. The monoisotopic (exact) mass is 344 g/mol. The lowest BCUT2D eigenvalue weighted by Gasteiger charge is -2.27. The van der Waals surface area contributed by atoms with Crippen LogP contribution in [0, 0.1) is 12.7 Å². The van der Waals surface area contributed by atoms with Crippen molar-refractivity contribution in [2.45, 2.75) is 38.3 Å². The Bertz CT molecular complexity index is 816. The summed E-state index contributed by atoms with van der Waals surface area (Å²) in [5.74, 6) is -0.652.